The van der Waals surface area contributed by atoms with Crippen molar-refractivity contribution in [1.82, 2.24) is 0 Å². The van der Waals surface area contributed by atoms with Gasteiger partial charge in [0.05, 0.1) is 20.1 Å². The molecule has 1 aliphatic rings. The molecule has 1 atom stereocenters. The Labute approximate surface area is 133 Å². The van der Waals surface area contributed by atoms with E-state index in [4.69, 9.17) is 0 Å². The highest BCUT2D eigenvalue weighted by atomic mass is 19.1. The van der Waals surface area contributed by atoms with Crippen LogP contribution < -0.4 is 5.32 Å². The number of hydrogen-bond acceptors (Lipinski definition) is 1. The second-order valence-electron chi connectivity index (χ2n) is 6.82. The van der Waals surface area contributed by atoms with Crippen LogP contribution in [0.15, 0.2) is 12.1 Å². The minimum Gasteiger partial charge on any atom is -0.320 e. The summed E-state index contributed by atoms with van der Waals surface area (Å²) in [7, 11) is 2.19. The molecule has 4 heteroatoms. The second kappa shape index (κ2) is 6.78. The maximum absolute atomic E-state index is 13.4. The standard InChI is InChI=1S/C18H27FN2O/c1-5-16(21(4)9-7-6-8-10-21)18(22)20-17-13(2)11-15(19)12-14(17)3/h11-12,16H,5-10H2,1-4H3/p+1. The van der Waals surface area contributed by atoms with E-state index >= 15 is 0 Å². The molecule has 1 N–H and O–H groups in total. The molecule has 122 valence electrons. The summed E-state index contributed by atoms with van der Waals surface area (Å²) in [5.41, 5.74) is 2.32. The monoisotopic (exact) mass is 307 g/mol. The number of carbonyl (C=O) groups is 1. The highest BCUT2D eigenvalue weighted by Gasteiger charge is 2.38. The predicted octanol–water partition coefficient (Wildman–Crippen LogP) is 3.79. The van der Waals surface area contributed by atoms with Crippen LogP contribution in [0.5, 0.6) is 0 Å². The molecule has 0 radical (unpaired) electrons. The molecule has 0 saturated carbocycles. The van der Waals surface area contributed by atoms with Crippen LogP contribution in [0.4, 0.5) is 10.1 Å². The minimum absolute atomic E-state index is 0.0378. The van der Waals surface area contributed by atoms with Crippen LogP contribution in [0.3, 0.4) is 0 Å². The van der Waals surface area contributed by atoms with Gasteiger partial charge in [-0.1, -0.05) is 6.92 Å². The number of hydrogen-bond donors (Lipinski definition) is 1. The number of rotatable bonds is 4. The molecule has 1 aromatic rings. The number of anilines is 1. The Hall–Kier alpha value is -1.42. The van der Waals surface area contributed by atoms with E-state index < -0.39 is 0 Å². The fraction of sp³-hybridized carbons (Fsp3) is 0.611. The number of amides is 1. The van der Waals surface area contributed by atoms with Gasteiger partial charge in [-0.3, -0.25) is 4.79 Å². The molecule has 1 amide bonds. The van der Waals surface area contributed by atoms with Crippen LogP contribution in [-0.2, 0) is 4.79 Å². The SMILES string of the molecule is CCC(C(=O)Nc1c(C)cc(F)cc1C)[N+]1(C)CCCCC1. The molecule has 2 rings (SSSR count). The van der Waals surface area contributed by atoms with Gasteiger partial charge in [-0.15, -0.1) is 0 Å². The number of quaternary nitrogens is 1. The first-order chi connectivity index (χ1) is 10.4. The number of carbonyl (C=O) groups excluding carboxylic acids is 1. The normalized spacial score (nSPS) is 18.8. The lowest BCUT2D eigenvalue weighted by molar-refractivity contribution is -0.928. The number of piperidine rings is 1. The molecule has 3 nitrogen and oxygen atoms in total. The van der Waals surface area contributed by atoms with E-state index in [1.54, 1.807) is 0 Å². The molecule has 1 heterocycles. The molecule has 0 bridgehead atoms. The Kier molecular flexibility index (Phi) is 5.22. The Bertz CT molecular complexity index is 527. The van der Waals surface area contributed by atoms with Crippen molar-refractivity contribution in [3.8, 4) is 0 Å². The van der Waals surface area contributed by atoms with E-state index in [0.717, 1.165) is 40.8 Å². The van der Waals surface area contributed by atoms with Crippen molar-refractivity contribution in [1.29, 1.82) is 0 Å². The summed E-state index contributed by atoms with van der Waals surface area (Å²) < 4.78 is 14.2. The third-order valence-corrected chi connectivity index (χ3v) is 5.03. The number of aryl methyl sites for hydroxylation is 2. The third-order valence-electron chi connectivity index (χ3n) is 5.03. The van der Waals surface area contributed by atoms with E-state index in [1.165, 1.54) is 31.4 Å². The molecule has 1 aliphatic heterocycles. The Morgan fingerprint density at radius 2 is 1.77 bits per heavy atom. The molecular weight excluding hydrogens is 279 g/mol. The zero-order valence-corrected chi connectivity index (χ0v) is 14.2. The van der Waals surface area contributed by atoms with Crippen LogP contribution in [0.2, 0.25) is 0 Å². The minimum atomic E-state index is -0.255. The second-order valence-corrected chi connectivity index (χ2v) is 6.82. The zero-order chi connectivity index (χ0) is 16.3. The van der Waals surface area contributed by atoms with Gasteiger partial charge in [0.1, 0.15) is 5.82 Å². The number of likely N-dealkylation sites (tertiary alicyclic amines) is 1. The summed E-state index contributed by atoms with van der Waals surface area (Å²) in [6, 6.07) is 2.91. The smallest absolute Gasteiger partial charge is 0.282 e. The van der Waals surface area contributed by atoms with Crippen molar-refractivity contribution in [2.24, 2.45) is 0 Å². The van der Waals surface area contributed by atoms with Crippen LogP contribution in [0.1, 0.15) is 43.7 Å². The fourth-order valence-electron chi connectivity index (χ4n) is 3.77. The Balaban J connectivity index is 2.20. The number of nitrogens with zero attached hydrogens (tertiary/aromatic N) is 1. The summed E-state index contributed by atoms with van der Waals surface area (Å²) in [6.07, 6.45) is 4.47. The van der Waals surface area contributed by atoms with Gasteiger partial charge in [0, 0.05) is 12.1 Å². The predicted molar refractivity (Wildman–Crippen MR) is 88.4 cm³/mol. The lowest BCUT2D eigenvalue weighted by Gasteiger charge is -2.43. The lowest BCUT2D eigenvalue weighted by atomic mass is 10.0. The van der Waals surface area contributed by atoms with Crippen molar-refractivity contribution >= 4 is 11.6 Å². The fourth-order valence-corrected chi connectivity index (χ4v) is 3.77. The van der Waals surface area contributed by atoms with E-state index in [0.29, 0.717) is 0 Å². The molecule has 1 unspecified atom stereocenters. The molecule has 22 heavy (non-hydrogen) atoms. The first kappa shape index (κ1) is 16.9. The topological polar surface area (TPSA) is 29.1 Å². The van der Waals surface area contributed by atoms with Crippen molar-refractivity contribution < 1.29 is 13.7 Å². The lowest BCUT2D eigenvalue weighted by Crippen LogP contribution is -2.59. The summed E-state index contributed by atoms with van der Waals surface area (Å²) in [5.74, 6) is -0.195. The average molecular weight is 307 g/mol. The molecule has 1 saturated heterocycles. The Morgan fingerprint density at radius 1 is 1.23 bits per heavy atom. The summed E-state index contributed by atoms with van der Waals surface area (Å²) in [4.78, 5) is 12.8. The van der Waals surface area contributed by atoms with Gasteiger partial charge < -0.3 is 9.80 Å². The number of likely N-dealkylation sites (N-methyl/N-ethyl adjacent to an activating group) is 1. The van der Waals surface area contributed by atoms with Gasteiger partial charge in [-0.05, 0) is 56.4 Å². The number of benzene rings is 1. The van der Waals surface area contributed by atoms with Crippen molar-refractivity contribution in [2.45, 2.75) is 52.5 Å². The van der Waals surface area contributed by atoms with Crippen LogP contribution in [0.25, 0.3) is 0 Å². The van der Waals surface area contributed by atoms with Gasteiger partial charge in [0.2, 0.25) is 0 Å². The molecular formula is C18H28FN2O+. The van der Waals surface area contributed by atoms with Crippen LogP contribution in [-0.4, -0.2) is 36.6 Å². The summed E-state index contributed by atoms with van der Waals surface area (Å²) in [5, 5.41) is 3.06. The van der Waals surface area contributed by atoms with Gasteiger partial charge in [0.15, 0.2) is 6.04 Å². The first-order valence-corrected chi connectivity index (χ1v) is 8.29. The molecule has 0 aromatic heterocycles. The van der Waals surface area contributed by atoms with Crippen LogP contribution in [0, 0.1) is 19.7 Å². The van der Waals surface area contributed by atoms with Gasteiger partial charge in [-0.25, -0.2) is 4.39 Å². The van der Waals surface area contributed by atoms with E-state index in [9.17, 15) is 9.18 Å². The average Bonchev–Trinajstić information content (AvgIpc) is 2.44. The summed E-state index contributed by atoms with van der Waals surface area (Å²) in [6.45, 7) is 7.88. The number of nitrogens with one attached hydrogen (secondary N) is 1. The maximum atomic E-state index is 13.4. The van der Waals surface area contributed by atoms with Gasteiger partial charge in [-0.2, -0.15) is 0 Å². The zero-order valence-electron chi connectivity index (χ0n) is 14.2. The maximum Gasteiger partial charge on any atom is 0.282 e. The van der Waals surface area contributed by atoms with Gasteiger partial charge in [0.25, 0.3) is 5.91 Å². The van der Waals surface area contributed by atoms with Crippen molar-refractivity contribution in [2.75, 3.05) is 25.5 Å². The molecule has 0 spiro atoms. The molecule has 0 aliphatic carbocycles. The Morgan fingerprint density at radius 3 is 2.27 bits per heavy atom. The van der Waals surface area contributed by atoms with Crippen LogP contribution >= 0.6 is 0 Å². The highest BCUT2D eigenvalue weighted by Crippen LogP contribution is 2.26. The van der Waals surface area contributed by atoms with Gasteiger partial charge >= 0.3 is 0 Å². The van der Waals surface area contributed by atoms with E-state index in [1.807, 2.05) is 13.8 Å². The highest BCUT2D eigenvalue weighted by molar-refractivity contribution is 5.95. The number of halogens is 1. The summed E-state index contributed by atoms with van der Waals surface area (Å²) >= 11 is 0. The third kappa shape index (κ3) is 3.49. The van der Waals surface area contributed by atoms with Crippen molar-refractivity contribution in [3.63, 3.8) is 0 Å². The van der Waals surface area contributed by atoms with Crippen molar-refractivity contribution in [3.05, 3.63) is 29.1 Å². The van der Waals surface area contributed by atoms with E-state index in [2.05, 4.69) is 19.3 Å². The largest absolute Gasteiger partial charge is 0.320 e. The van der Waals surface area contributed by atoms with E-state index in [-0.39, 0.29) is 17.8 Å². The molecule has 1 aromatic carbocycles. The first-order valence-electron chi connectivity index (χ1n) is 8.29. The molecule has 1 fully saturated rings. The quantitative estimate of drug-likeness (QED) is 0.843.